The quantitative estimate of drug-likeness (QED) is 0.405. The first kappa shape index (κ1) is 25.8. The Balaban J connectivity index is 1.61. The summed E-state index contributed by atoms with van der Waals surface area (Å²) in [6, 6.07) is 18.6. The maximum absolute atomic E-state index is 13.6. The Labute approximate surface area is 219 Å². The van der Waals surface area contributed by atoms with E-state index in [0.717, 1.165) is 11.1 Å². The molecule has 36 heavy (non-hydrogen) atoms. The highest BCUT2D eigenvalue weighted by Crippen LogP contribution is 2.35. The molecule has 4 N–H and O–H groups in total. The van der Waals surface area contributed by atoms with Crippen LogP contribution in [-0.4, -0.2) is 35.8 Å². The Morgan fingerprint density at radius 3 is 2.58 bits per heavy atom. The molecule has 1 atom stereocenters. The van der Waals surface area contributed by atoms with Gasteiger partial charge in [0.2, 0.25) is 5.91 Å². The van der Waals surface area contributed by atoms with Crippen molar-refractivity contribution < 1.29 is 14.4 Å². The van der Waals surface area contributed by atoms with E-state index >= 15 is 0 Å². The van der Waals surface area contributed by atoms with E-state index in [2.05, 4.69) is 10.6 Å². The Morgan fingerprint density at radius 1 is 1.06 bits per heavy atom. The monoisotopic (exact) mass is 522 g/mol. The molecular formula is C27H27ClN4O3S. The summed E-state index contributed by atoms with van der Waals surface area (Å²) >= 11 is 7.72. The van der Waals surface area contributed by atoms with E-state index in [-0.39, 0.29) is 17.7 Å². The Hall–Kier alpha value is -3.33. The van der Waals surface area contributed by atoms with E-state index in [9.17, 15) is 14.4 Å². The summed E-state index contributed by atoms with van der Waals surface area (Å²) in [6.45, 7) is 0.765. The number of hydrogen-bond acceptors (Lipinski definition) is 5. The first-order valence-electron chi connectivity index (χ1n) is 11.5. The van der Waals surface area contributed by atoms with Gasteiger partial charge in [0.05, 0.1) is 11.4 Å². The van der Waals surface area contributed by atoms with E-state index in [1.165, 1.54) is 4.90 Å². The van der Waals surface area contributed by atoms with E-state index in [4.69, 9.17) is 17.3 Å². The van der Waals surface area contributed by atoms with Crippen molar-refractivity contribution in [3.63, 3.8) is 0 Å². The average Bonchev–Trinajstić information content (AvgIpc) is 2.89. The number of thioether (sulfide) groups is 1. The Kier molecular flexibility index (Phi) is 8.30. The van der Waals surface area contributed by atoms with Crippen LogP contribution in [0.5, 0.6) is 0 Å². The first-order chi connectivity index (χ1) is 17.4. The number of anilines is 2. The van der Waals surface area contributed by atoms with Crippen LogP contribution in [0.2, 0.25) is 5.02 Å². The van der Waals surface area contributed by atoms with Crippen LogP contribution >= 0.6 is 23.4 Å². The number of benzene rings is 3. The second-order valence-electron chi connectivity index (χ2n) is 8.41. The summed E-state index contributed by atoms with van der Waals surface area (Å²) in [4.78, 5) is 41.0. The van der Waals surface area contributed by atoms with E-state index < -0.39 is 6.04 Å². The van der Waals surface area contributed by atoms with Crippen molar-refractivity contribution in [3.05, 3.63) is 94.0 Å². The predicted molar refractivity (Wildman–Crippen MR) is 146 cm³/mol. The zero-order valence-corrected chi connectivity index (χ0v) is 21.4. The summed E-state index contributed by atoms with van der Waals surface area (Å²) < 4.78 is 0. The molecule has 0 aromatic heterocycles. The molecule has 3 aromatic rings. The van der Waals surface area contributed by atoms with Crippen molar-refractivity contribution in [2.24, 2.45) is 5.73 Å². The molecule has 186 valence electrons. The minimum absolute atomic E-state index is 0.289. The number of nitrogens with zero attached hydrogens (tertiary/aromatic N) is 1. The molecule has 0 bridgehead atoms. The lowest BCUT2D eigenvalue weighted by Crippen LogP contribution is -2.51. The molecule has 7 nitrogen and oxygen atoms in total. The molecule has 0 radical (unpaired) electrons. The fraction of sp³-hybridized carbons (Fsp3) is 0.222. The van der Waals surface area contributed by atoms with Crippen molar-refractivity contribution in [1.29, 1.82) is 0 Å². The summed E-state index contributed by atoms with van der Waals surface area (Å²) in [5, 5.41) is 6.22. The standard InChI is InChI=1S/C27H27ClN4O3S/c1-36-11-10-24-26(34)31-22-14-19(25(33)30-16-18-5-2-4-17(12-18)15-29)8-9-23(22)32(24)27(35)20-6-3-7-21(28)13-20/h2-9,12-14,24H,10-11,15-16,29H2,1H3,(H,30,33)(H,31,34). The van der Waals surface area contributed by atoms with Crippen LogP contribution < -0.4 is 21.3 Å². The molecule has 0 fully saturated rings. The van der Waals surface area contributed by atoms with Crippen LogP contribution in [-0.2, 0) is 17.9 Å². The second-order valence-corrected chi connectivity index (χ2v) is 9.83. The maximum atomic E-state index is 13.6. The lowest BCUT2D eigenvalue weighted by molar-refractivity contribution is -0.117. The van der Waals surface area contributed by atoms with Gasteiger partial charge in [0.25, 0.3) is 11.8 Å². The smallest absolute Gasteiger partial charge is 0.259 e. The number of halogens is 1. The molecule has 1 aliphatic rings. The molecule has 0 saturated heterocycles. The molecule has 0 saturated carbocycles. The summed E-state index contributed by atoms with van der Waals surface area (Å²) in [5.74, 6) is -0.194. The average molecular weight is 523 g/mol. The lowest BCUT2D eigenvalue weighted by Gasteiger charge is -2.36. The minimum atomic E-state index is -0.675. The van der Waals surface area contributed by atoms with Crippen molar-refractivity contribution in [3.8, 4) is 0 Å². The van der Waals surface area contributed by atoms with Crippen molar-refractivity contribution in [2.45, 2.75) is 25.6 Å². The first-order valence-corrected chi connectivity index (χ1v) is 13.3. The Morgan fingerprint density at radius 2 is 1.83 bits per heavy atom. The fourth-order valence-electron chi connectivity index (χ4n) is 4.14. The summed E-state index contributed by atoms with van der Waals surface area (Å²) in [5.41, 5.74) is 9.33. The number of nitrogens with two attached hydrogens (primary N) is 1. The molecule has 3 amide bonds. The van der Waals surface area contributed by atoms with Gasteiger partial charge in [-0.2, -0.15) is 11.8 Å². The number of fused-ring (bicyclic) bond motifs is 1. The number of amides is 3. The topological polar surface area (TPSA) is 105 Å². The fourth-order valence-corrected chi connectivity index (χ4v) is 4.79. The SMILES string of the molecule is CSCCC1C(=O)Nc2cc(C(=O)NCc3cccc(CN)c3)ccc2N1C(=O)c1cccc(Cl)c1. The van der Waals surface area contributed by atoms with E-state index in [0.29, 0.717) is 52.8 Å². The highest BCUT2D eigenvalue weighted by atomic mass is 35.5. The molecular weight excluding hydrogens is 496 g/mol. The third kappa shape index (κ3) is 5.73. The minimum Gasteiger partial charge on any atom is -0.348 e. The van der Waals surface area contributed by atoms with E-state index in [1.807, 2.05) is 30.5 Å². The number of carbonyl (C=O) groups excluding carboxylic acids is 3. The van der Waals surface area contributed by atoms with Crippen LogP contribution in [0, 0.1) is 0 Å². The van der Waals surface area contributed by atoms with Gasteiger partial charge < -0.3 is 16.4 Å². The molecule has 1 aliphatic heterocycles. The zero-order valence-electron chi connectivity index (χ0n) is 19.8. The van der Waals surface area contributed by atoms with Crippen LogP contribution in [0.3, 0.4) is 0 Å². The lowest BCUT2D eigenvalue weighted by atomic mass is 10.0. The third-order valence-corrected chi connectivity index (χ3v) is 6.84. The van der Waals surface area contributed by atoms with Crippen molar-refractivity contribution >= 4 is 52.5 Å². The van der Waals surface area contributed by atoms with Gasteiger partial charge >= 0.3 is 0 Å². The number of carbonyl (C=O) groups is 3. The number of nitrogens with one attached hydrogen (secondary N) is 2. The highest BCUT2D eigenvalue weighted by Gasteiger charge is 2.37. The van der Waals surface area contributed by atoms with Gasteiger partial charge in [-0.05, 0) is 66.0 Å². The molecule has 4 rings (SSSR count). The van der Waals surface area contributed by atoms with Gasteiger partial charge in [0, 0.05) is 29.2 Å². The van der Waals surface area contributed by atoms with Crippen molar-refractivity contribution in [1.82, 2.24) is 5.32 Å². The number of hydrogen-bond donors (Lipinski definition) is 3. The largest absolute Gasteiger partial charge is 0.348 e. The van der Waals surface area contributed by atoms with Gasteiger partial charge in [-0.15, -0.1) is 0 Å². The predicted octanol–water partition coefficient (Wildman–Crippen LogP) is 4.45. The van der Waals surface area contributed by atoms with Gasteiger partial charge in [-0.1, -0.05) is 41.9 Å². The highest BCUT2D eigenvalue weighted by molar-refractivity contribution is 7.98. The molecule has 3 aromatic carbocycles. The maximum Gasteiger partial charge on any atom is 0.259 e. The molecule has 0 aliphatic carbocycles. The summed E-state index contributed by atoms with van der Waals surface area (Å²) in [6.07, 6.45) is 2.44. The molecule has 1 unspecified atom stereocenters. The van der Waals surface area contributed by atoms with Crippen LogP contribution in [0.25, 0.3) is 0 Å². The second kappa shape index (κ2) is 11.6. The van der Waals surface area contributed by atoms with Crippen molar-refractivity contribution in [2.75, 3.05) is 22.2 Å². The van der Waals surface area contributed by atoms with Crippen LogP contribution in [0.15, 0.2) is 66.7 Å². The van der Waals surface area contributed by atoms with Crippen LogP contribution in [0.1, 0.15) is 38.3 Å². The number of rotatable bonds is 8. The third-order valence-electron chi connectivity index (χ3n) is 5.96. The van der Waals surface area contributed by atoms with Gasteiger partial charge in [0.1, 0.15) is 6.04 Å². The zero-order chi connectivity index (χ0) is 25.7. The normalized spacial score (nSPS) is 14.7. The molecule has 1 heterocycles. The molecule has 9 heteroatoms. The van der Waals surface area contributed by atoms with E-state index in [1.54, 1.807) is 54.2 Å². The summed E-state index contributed by atoms with van der Waals surface area (Å²) in [7, 11) is 0. The van der Waals surface area contributed by atoms with Crippen LogP contribution in [0.4, 0.5) is 11.4 Å². The Bertz CT molecular complexity index is 1300. The van der Waals surface area contributed by atoms with Gasteiger partial charge in [-0.25, -0.2) is 0 Å². The molecule has 0 spiro atoms. The van der Waals surface area contributed by atoms with Gasteiger partial charge in [-0.3, -0.25) is 19.3 Å². The van der Waals surface area contributed by atoms with Gasteiger partial charge in [0.15, 0.2) is 0 Å².